The third-order valence-corrected chi connectivity index (χ3v) is 14.8. The van der Waals surface area contributed by atoms with E-state index in [0.29, 0.717) is 33.3 Å². The van der Waals surface area contributed by atoms with Crippen LogP contribution >= 0.6 is 0 Å². The Morgan fingerprint density at radius 3 is 2.43 bits per heavy atom. The van der Waals surface area contributed by atoms with E-state index in [1.54, 1.807) is 24.3 Å². The summed E-state index contributed by atoms with van der Waals surface area (Å²) in [7, 11) is 1.53. The van der Waals surface area contributed by atoms with Crippen molar-refractivity contribution in [3.05, 3.63) is 41.5 Å². The number of aromatic hydroxyl groups is 1. The minimum Gasteiger partial charge on any atom is -0.504 e. The van der Waals surface area contributed by atoms with E-state index >= 15 is 0 Å². The summed E-state index contributed by atoms with van der Waals surface area (Å²) >= 11 is 0. The van der Waals surface area contributed by atoms with Crippen molar-refractivity contribution in [3.8, 4) is 11.5 Å². The molecule has 1 aromatic carbocycles. The molecule has 0 bridgehead atoms. The maximum absolute atomic E-state index is 13.1. The summed E-state index contributed by atoms with van der Waals surface area (Å²) in [6.07, 6.45) is 20.1. The molecule has 44 heavy (non-hydrogen) atoms. The van der Waals surface area contributed by atoms with Crippen LogP contribution in [0.3, 0.4) is 0 Å². The molecule has 4 nitrogen and oxygen atoms in total. The van der Waals surface area contributed by atoms with Crippen LogP contribution < -0.4 is 4.74 Å². The van der Waals surface area contributed by atoms with Gasteiger partial charge in [-0.25, -0.2) is 4.79 Å². The Bertz CT molecular complexity index is 1340. The van der Waals surface area contributed by atoms with Gasteiger partial charge in [0.2, 0.25) is 0 Å². The number of fused-ring (bicyclic) bond motifs is 2. The highest BCUT2D eigenvalue weighted by Gasteiger charge is 2.82. The van der Waals surface area contributed by atoms with E-state index in [4.69, 9.17) is 9.47 Å². The summed E-state index contributed by atoms with van der Waals surface area (Å²) in [6, 6.07) is 5.09. The van der Waals surface area contributed by atoms with Crippen molar-refractivity contribution in [1.29, 1.82) is 0 Å². The molecule has 6 rings (SSSR count). The molecule has 0 radical (unpaired) electrons. The summed E-state index contributed by atoms with van der Waals surface area (Å²) in [4.78, 5) is 13.1. The number of allylic oxidation sites excluding steroid dienone is 2. The smallest absolute Gasteiger partial charge is 0.331 e. The topological polar surface area (TPSA) is 55.8 Å². The highest BCUT2D eigenvalue weighted by Crippen LogP contribution is 2.89. The predicted octanol–water partition coefficient (Wildman–Crippen LogP) is 10.1. The Kier molecular flexibility index (Phi) is 7.89. The first-order valence-electron chi connectivity index (χ1n) is 17.6. The second-order valence-electron chi connectivity index (χ2n) is 17.0. The number of rotatable bonds is 8. The van der Waals surface area contributed by atoms with E-state index < -0.39 is 0 Å². The number of phenols is 1. The molecule has 0 amide bonds. The monoisotopic (exact) mass is 602 g/mol. The highest BCUT2D eigenvalue weighted by atomic mass is 16.5. The van der Waals surface area contributed by atoms with Crippen LogP contribution in [0.25, 0.3) is 6.08 Å². The SMILES string of the molecule is COc1cc(/C=C/C(=O)O[C@H]2CCC34CC35CC[C@]3(C)[C@@H]([C@H](C)CCC=C(C)C)CC[C@@]3(C)[C@@H]5CC[C@H]4C2(C)C)ccc1O. The van der Waals surface area contributed by atoms with Crippen LogP contribution in [0.4, 0.5) is 0 Å². The van der Waals surface area contributed by atoms with Gasteiger partial charge in [-0.2, -0.15) is 0 Å². The summed E-state index contributed by atoms with van der Waals surface area (Å²) in [5, 5.41) is 9.88. The van der Waals surface area contributed by atoms with Gasteiger partial charge in [-0.3, -0.25) is 0 Å². The molecule has 5 aliphatic rings. The maximum atomic E-state index is 13.1. The minimum absolute atomic E-state index is 0.0305. The molecule has 1 aromatic rings. The Morgan fingerprint density at radius 1 is 0.977 bits per heavy atom. The van der Waals surface area contributed by atoms with E-state index in [1.165, 1.54) is 83.0 Å². The van der Waals surface area contributed by atoms with Gasteiger partial charge in [0, 0.05) is 11.5 Å². The van der Waals surface area contributed by atoms with Crippen molar-refractivity contribution in [2.45, 2.75) is 125 Å². The third kappa shape index (κ3) is 4.62. The molecule has 242 valence electrons. The lowest BCUT2D eigenvalue weighted by Gasteiger charge is -2.63. The fourth-order valence-corrected chi connectivity index (χ4v) is 12.5. The van der Waals surface area contributed by atoms with Gasteiger partial charge < -0.3 is 14.6 Å². The molecule has 4 heteroatoms. The molecular formula is C40H58O4. The first-order valence-corrected chi connectivity index (χ1v) is 17.6. The quantitative estimate of drug-likeness (QED) is 0.183. The van der Waals surface area contributed by atoms with Gasteiger partial charge in [-0.1, -0.05) is 52.3 Å². The van der Waals surface area contributed by atoms with Crippen LogP contribution in [0.5, 0.6) is 11.5 Å². The van der Waals surface area contributed by atoms with Gasteiger partial charge in [0.1, 0.15) is 6.10 Å². The zero-order valence-corrected chi connectivity index (χ0v) is 28.8. The molecule has 2 spiro atoms. The number of ether oxygens (including phenoxy) is 2. The zero-order valence-electron chi connectivity index (χ0n) is 28.8. The number of esters is 1. The van der Waals surface area contributed by atoms with Gasteiger partial charge in [0.05, 0.1) is 7.11 Å². The van der Waals surface area contributed by atoms with Crippen LogP contribution in [-0.4, -0.2) is 24.3 Å². The Hall–Kier alpha value is -2.23. The first-order chi connectivity index (χ1) is 20.7. The Labute approximate surface area is 267 Å². The number of hydrogen-bond donors (Lipinski definition) is 1. The molecular weight excluding hydrogens is 544 g/mol. The zero-order chi connectivity index (χ0) is 31.7. The largest absolute Gasteiger partial charge is 0.504 e. The van der Waals surface area contributed by atoms with Crippen molar-refractivity contribution >= 4 is 12.0 Å². The summed E-state index contributed by atoms with van der Waals surface area (Å²) in [5.74, 6) is 3.33. The van der Waals surface area contributed by atoms with Crippen molar-refractivity contribution in [1.82, 2.24) is 0 Å². The lowest BCUT2D eigenvalue weighted by molar-refractivity contribution is -0.179. The van der Waals surface area contributed by atoms with E-state index in [9.17, 15) is 9.90 Å². The number of hydrogen-bond acceptors (Lipinski definition) is 4. The maximum Gasteiger partial charge on any atom is 0.331 e. The molecule has 5 saturated carbocycles. The number of carbonyl (C=O) groups is 1. The molecule has 0 heterocycles. The fraction of sp³-hybridized carbons (Fsp3) is 0.725. The van der Waals surface area contributed by atoms with E-state index in [1.807, 2.05) is 0 Å². The second-order valence-corrected chi connectivity index (χ2v) is 17.0. The van der Waals surface area contributed by atoms with Crippen molar-refractivity contribution in [2.75, 3.05) is 7.11 Å². The van der Waals surface area contributed by atoms with Crippen LogP contribution in [0, 0.1) is 50.7 Å². The van der Waals surface area contributed by atoms with Crippen LogP contribution in [0.1, 0.15) is 125 Å². The van der Waals surface area contributed by atoms with Gasteiger partial charge in [-0.05, 0) is 154 Å². The molecule has 5 fully saturated rings. The van der Waals surface area contributed by atoms with E-state index in [2.05, 4.69) is 54.5 Å². The van der Waals surface area contributed by atoms with Gasteiger partial charge in [0.15, 0.2) is 11.5 Å². The van der Waals surface area contributed by atoms with Crippen LogP contribution in [-0.2, 0) is 9.53 Å². The molecule has 5 aliphatic carbocycles. The molecule has 0 aliphatic heterocycles. The average molecular weight is 603 g/mol. The highest BCUT2D eigenvalue weighted by molar-refractivity contribution is 5.87. The third-order valence-electron chi connectivity index (χ3n) is 14.8. The van der Waals surface area contributed by atoms with Gasteiger partial charge in [-0.15, -0.1) is 0 Å². The number of methoxy groups -OCH3 is 1. The minimum atomic E-state index is -0.276. The predicted molar refractivity (Wildman–Crippen MR) is 178 cm³/mol. The molecule has 9 atom stereocenters. The van der Waals surface area contributed by atoms with Crippen LogP contribution in [0.15, 0.2) is 35.9 Å². The Morgan fingerprint density at radius 2 is 1.70 bits per heavy atom. The summed E-state index contributed by atoms with van der Waals surface area (Å²) < 4.78 is 11.4. The molecule has 1 N–H and O–H groups in total. The lowest BCUT2D eigenvalue weighted by atomic mass is 9.41. The van der Waals surface area contributed by atoms with Crippen molar-refractivity contribution < 1.29 is 19.4 Å². The van der Waals surface area contributed by atoms with E-state index in [0.717, 1.165) is 29.7 Å². The first kappa shape index (κ1) is 31.7. The van der Waals surface area contributed by atoms with Crippen LogP contribution in [0.2, 0.25) is 0 Å². The summed E-state index contributed by atoms with van der Waals surface area (Å²) in [5.41, 5.74) is 4.08. The number of phenolic OH excluding ortho intramolecular Hbond substituents is 1. The lowest BCUT2D eigenvalue weighted by Crippen LogP contribution is -2.58. The van der Waals surface area contributed by atoms with E-state index in [-0.39, 0.29) is 23.2 Å². The standard InChI is InChI=1S/C40H58O4/c1-26(2)10-9-11-27(3)29-18-20-38(7)33-16-15-32-36(4,5)34(19-21-39(32)25-40(33,39)23-22-37(29,38)6)44-35(42)17-13-28-12-14-30(41)31(24-28)43-8/h10,12-14,17,24,27,29,32-34,41H,9,11,15-16,18-23,25H2,1-8H3/b17-13+/t27-,29-,32+,33+,34+,37-,38+,39?,40?/m1/s1. The molecule has 2 unspecified atom stereocenters. The normalized spacial score (nSPS) is 40.6. The number of benzene rings is 1. The van der Waals surface area contributed by atoms with Gasteiger partial charge in [0.25, 0.3) is 0 Å². The number of carbonyl (C=O) groups excluding carboxylic acids is 1. The summed E-state index contributed by atoms with van der Waals surface area (Å²) in [6.45, 7) is 17.2. The van der Waals surface area contributed by atoms with Crippen molar-refractivity contribution in [2.24, 2.45) is 50.7 Å². The second kappa shape index (κ2) is 10.9. The molecule has 0 saturated heterocycles. The van der Waals surface area contributed by atoms with Gasteiger partial charge >= 0.3 is 5.97 Å². The average Bonchev–Trinajstić information content (AvgIpc) is 3.55. The fourth-order valence-electron chi connectivity index (χ4n) is 12.5. The molecule has 0 aromatic heterocycles. The Balaban J connectivity index is 1.15. The van der Waals surface area contributed by atoms with Crippen molar-refractivity contribution in [3.63, 3.8) is 0 Å².